The number of nitrogens with zero attached hydrogens (tertiary/aromatic N) is 1. The predicted molar refractivity (Wildman–Crippen MR) is 66.6 cm³/mol. The van der Waals surface area contributed by atoms with Gasteiger partial charge >= 0.3 is 0 Å². The molecule has 1 aliphatic heterocycles. The summed E-state index contributed by atoms with van der Waals surface area (Å²) in [5.74, 6) is 0. The molecule has 1 aliphatic rings. The Bertz CT molecular complexity index is 344. The quantitative estimate of drug-likeness (QED) is 0.796. The summed E-state index contributed by atoms with van der Waals surface area (Å²) in [6, 6.07) is 8.57. The zero-order chi connectivity index (χ0) is 10.9. The maximum Gasteiger partial charge on any atom is 0.0607 e. The van der Waals surface area contributed by atoms with Gasteiger partial charge in [0.2, 0.25) is 0 Å². The molecule has 82 valence electrons. The van der Waals surface area contributed by atoms with E-state index in [9.17, 15) is 0 Å². The molecule has 1 N–H and O–H groups in total. The van der Waals surface area contributed by atoms with Crippen molar-refractivity contribution in [3.8, 4) is 0 Å². The Balaban J connectivity index is 2.39. The van der Waals surface area contributed by atoms with E-state index in [0.717, 1.165) is 13.1 Å². The van der Waals surface area contributed by atoms with Gasteiger partial charge in [0, 0.05) is 13.1 Å². The van der Waals surface area contributed by atoms with Gasteiger partial charge in [-0.1, -0.05) is 19.1 Å². The number of anilines is 2. The fraction of sp³-hybridized carbons (Fsp3) is 0.538. The molecule has 0 aromatic heterocycles. The normalized spacial score (nSPS) is 18.2. The van der Waals surface area contributed by atoms with Crippen molar-refractivity contribution in [1.29, 1.82) is 0 Å². The van der Waals surface area contributed by atoms with Crippen molar-refractivity contribution in [3.63, 3.8) is 0 Å². The molecule has 1 aromatic rings. The van der Waals surface area contributed by atoms with Crippen LogP contribution in [-0.4, -0.2) is 18.6 Å². The molecule has 0 radical (unpaired) electrons. The number of rotatable bonds is 2. The summed E-state index contributed by atoms with van der Waals surface area (Å²) in [7, 11) is 0. The van der Waals surface area contributed by atoms with Crippen LogP contribution in [0.1, 0.15) is 27.2 Å². The summed E-state index contributed by atoms with van der Waals surface area (Å²) >= 11 is 0. The lowest BCUT2D eigenvalue weighted by Crippen LogP contribution is -2.52. The van der Waals surface area contributed by atoms with Gasteiger partial charge in [-0.15, -0.1) is 0 Å². The van der Waals surface area contributed by atoms with E-state index in [0.29, 0.717) is 0 Å². The van der Waals surface area contributed by atoms with E-state index in [1.54, 1.807) is 0 Å². The topological polar surface area (TPSA) is 15.3 Å². The molecule has 0 fully saturated rings. The van der Waals surface area contributed by atoms with Gasteiger partial charge in [-0.3, -0.25) is 0 Å². The van der Waals surface area contributed by atoms with Crippen molar-refractivity contribution in [3.05, 3.63) is 24.3 Å². The highest BCUT2D eigenvalue weighted by atomic mass is 15.3. The molecular weight excluding hydrogens is 184 g/mol. The highest BCUT2D eigenvalue weighted by Crippen LogP contribution is 2.35. The number of hydrogen-bond donors (Lipinski definition) is 1. The second-order valence-corrected chi connectivity index (χ2v) is 4.83. The van der Waals surface area contributed by atoms with Crippen LogP contribution in [0.15, 0.2) is 24.3 Å². The summed E-state index contributed by atoms with van der Waals surface area (Å²) < 4.78 is 0. The zero-order valence-corrected chi connectivity index (χ0v) is 9.88. The second kappa shape index (κ2) is 3.76. The number of hydrogen-bond acceptors (Lipinski definition) is 2. The van der Waals surface area contributed by atoms with Gasteiger partial charge < -0.3 is 10.2 Å². The molecule has 2 nitrogen and oxygen atoms in total. The van der Waals surface area contributed by atoms with E-state index in [1.165, 1.54) is 17.8 Å². The Labute approximate surface area is 92.3 Å². The zero-order valence-electron chi connectivity index (χ0n) is 9.88. The third-order valence-corrected chi connectivity index (χ3v) is 3.08. The number of fused-ring (bicyclic) bond motifs is 1. The van der Waals surface area contributed by atoms with Crippen molar-refractivity contribution in [1.82, 2.24) is 0 Å². The van der Waals surface area contributed by atoms with Gasteiger partial charge in [0.05, 0.1) is 16.9 Å². The largest absolute Gasteiger partial charge is 0.381 e. The Morgan fingerprint density at radius 2 is 2.07 bits per heavy atom. The lowest BCUT2D eigenvalue weighted by molar-refractivity contribution is 0.470. The summed E-state index contributed by atoms with van der Waals surface area (Å²) in [4.78, 5) is 2.51. The number of nitrogens with one attached hydrogen (secondary N) is 1. The lowest BCUT2D eigenvalue weighted by Gasteiger charge is -2.45. The minimum Gasteiger partial charge on any atom is -0.381 e. The molecule has 0 amide bonds. The molecule has 0 spiro atoms. The fourth-order valence-electron chi connectivity index (χ4n) is 2.24. The van der Waals surface area contributed by atoms with E-state index in [-0.39, 0.29) is 5.54 Å². The third kappa shape index (κ3) is 1.81. The van der Waals surface area contributed by atoms with Gasteiger partial charge in [-0.25, -0.2) is 0 Å². The van der Waals surface area contributed by atoms with Crippen LogP contribution in [0.5, 0.6) is 0 Å². The Hall–Kier alpha value is -1.18. The Morgan fingerprint density at radius 3 is 2.80 bits per heavy atom. The van der Waals surface area contributed by atoms with Crippen molar-refractivity contribution in [2.24, 2.45) is 0 Å². The average Bonchev–Trinajstić information content (AvgIpc) is 2.23. The molecule has 2 heteroatoms. The van der Waals surface area contributed by atoms with Crippen LogP contribution in [0, 0.1) is 0 Å². The molecule has 0 aliphatic carbocycles. The first kappa shape index (κ1) is 10.3. The summed E-state index contributed by atoms with van der Waals surface area (Å²) in [6.07, 6.45) is 1.19. The van der Waals surface area contributed by atoms with Crippen molar-refractivity contribution >= 4 is 11.4 Å². The first-order valence-electron chi connectivity index (χ1n) is 5.76. The van der Waals surface area contributed by atoms with E-state index in [4.69, 9.17) is 0 Å². The lowest BCUT2D eigenvalue weighted by atomic mass is 9.97. The van der Waals surface area contributed by atoms with E-state index < -0.39 is 0 Å². The molecule has 0 saturated heterocycles. The molecule has 0 saturated carbocycles. The highest BCUT2D eigenvalue weighted by Gasteiger charge is 2.31. The number of benzene rings is 1. The average molecular weight is 204 g/mol. The predicted octanol–water partition coefficient (Wildman–Crippen LogP) is 3.11. The molecule has 1 heterocycles. The van der Waals surface area contributed by atoms with E-state index in [2.05, 4.69) is 55.3 Å². The Kier molecular flexibility index (Phi) is 2.59. The van der Waals surface area contributed by atoms with Crippen LogP contribution >= 0.6 is 0 Å². The third-order valence-electron chi connectivity index (χ3n) is 3.08. The van der Waals surface area contributed by atoms with Gasteiger partial charge in [-0.05, 0) is 32.4 Å². The van der Waals surface area contributed by atoms with Gasteiger partial charge in [0.1, 0.15) is 0 Å². The van der Waals surface area contributed by atoms with Crippen LogP contribution in [-0.2, 0) is 0 Å². The van der Waals surface area contributed by atoms with Crippen LogP contribution in [0.25, 0.3) is 0 Å². The van der Waals surface area contributed by atoms with Crippen LogP contribution in [0.3, 0.4) is 0 Å². The van der Waals surface area contributed by atoms with Crippen molar-refractivity contribution in [2.45, 2.75) is 32.7 Å². The monoisotopic (exact) mass is 204 g/mol. The maximum absolute atomic E-state index is 3.50. The minimum atomic E-state index is 0.213. The molecule has 0 bridgehead atoms. The van der Waals surface area contributed by atoms with Crippen LogP contribution in [0.2, 0.25) is 0 Å². The molecule has 15 heavy (non-hydrogen) atoms. The van der Waals surface area contributed by atoms with Gasteiger partial charge in [0.15, 0.2) is 0 Å². The SMILES string of the molecule is CCCN1c2ccccc2NCC1(C)C. The second-order valence-electron chi connectivity index (χ2n) is 4.83. The van der Waals surface area contributed by atoms with Gasteiger partial charge in [0.25, 0.3) is 0 Å². The van der Waals surface area contributed by atoms with E-state index in [1.807, 2.05) is 0 Å². The smallest absolute Gasteiger partial charge is 0.0607 e. The molecule has 1 aromatic carbocycles. The molecule has 2 rings (SSSR count). The van der Waals surface area contributed by atoms with E-state index >= 15 is 0 Å². The number of para-hydroxylation sites is 2. The van der Waals surface area contributed by atoms with Crippen molar-refractivity contribution in [2.75, 3.05) is 23.3 Å². The standard InChI is InChI=1S/C13H20N2/c1-4-9-15-12-8-6-5-7-11(12)14-10-13(15,2)3/h5-8,14H,4,9-10H2,1-3H3. The molecular formula is C13H20N2. The Morgan fingerprint density at radius 1 is 1.33 bits per heavy atom. The van der Waals surface area contributed by atoms with Crippen LogP contribution in [0.4, 0.5) is 11.4 Å². The van der Waals surface area contributed by atoms with Gasteiger partial charge in [-0.2, -0.15) is 0 Å². The van der Waals surface area contributed by atoms with Crippen molar-refractivity contribution < 1.29 is 0 Å². The summed E-state index contributed by atoms with van der Waals surface area (Å²) in [6.45, 7) is 8.98. The molecule has 0 atom stereocenters. The fourth-order valence-corrected chi connectivity index (χ4v) is 2.24. The summed E-state index contributed by atoms with van der Waals surface area (Å²) in [5.41, 5.74) is 2.82. The minimum absolute atomic E-state index is 0.213. The van der Waals surface area contributed by atoms with Crippen LogP contribution < -0.4 is 10.2 Å². The first-order valence-corrected chi connectivity index (χ1v) is 5.76. The highest BCUT2D eigenvalue weighted by molar-refractivity contribution is 5.73. The summed E-state index contributed by atoms with van der Waals surface area (Å²) in [5, 5.41) is 3.50. The first-order chi connectivity index (χ1) is 7.15. The molecule has 0 unspecified atom stereocenters. The maximum atomic E-state index is 3.50.